The van der Waals surface area contributed by atoms with Gasteiger partial charge in [0.25, 0.3) is 0 Å². The van der Waals surface area contributed by atoms with Crippen LogP contribution in [-0.4, -0.2) is 15.6 Å². The van der Waals surface area contributed by atoms with Crippen molar-refractivity contribution in [3.63, 3.8) is 0 Å². The summed E-state index contributed by atoms with van der Waals surface area (Å²) >= 11 is 3.27. The van der Waals surface area contributed by atoms with Gasteiger partial charge in [0.05, 0.1) is 0 Å². The molecule has 0 aliphatic heterocycles. The average molecular weight is 239 g/mol. The fraction of sp³-hybridized carbons (Fsp3) is 0. The zero-order valence-corrected chi connectivity index (χ0v) is 8.08. The third-order valence-corrected chi connectivity index (χ3v) is 2.08. The minimum atomic E-state index is -0.555. The van der Waals surface area contributed by atoms with Crippen molar-refractivity contribution in [2.75, 3.05) is 0 Å². The van der Waals surface area contributed by atoms with Crippen molar-refractivity contribution in [1.29, 1.82) is 0 Å². The number of hydrogen-bond donors (Lipinski definition) is 1. The highest BCUT2D eigenvalue weighted by Crippen LogP contribution is 2.17. The van der Waals surface area contributed by atoms with Crippen LogP contribution in [0.5, 0.6) is 0 Å². The van der Waals surface area contributed by atoms with Crippen LogP contribution in [0.1, 0.15) is 0 Å². The minimum Gasteiger partial charge on any atom is -0.351 e. The number of rotatable bonds is 0. The van der Waals surface area contributed by atoms with Gasteiger partial charge < -0.3 is 5.73 Å². The average Bonchev–Trinajstić information content (AvgIpc) is 2.46. The molecular weight excluding hydrogens is 234 g/mol. The number of amides is 1. The van der Waals surface area contributed by atoms with E-state index in [9.17, 15) is 4.79 Å². The zero-order chi connectivity index (χ0) is 9.42. The van der Waals surface area contributed by atoms with Gasteiger partial charge in [-0.3, -0.25) is 4.57 Å². The van der Waals surface area contributed by atoms with Crippen molar-refractivity contribution >= 4 is 33.0 Å². The van der Waals surface area contributed by atoms with Gasteiger partial charge in [0, 0.05) is 28.3 Å². The van der Waals surface area contributed by atoms with Crippen LogP contribution in [0.25, 0.3) is 11.0 Å². The maximum Gasteiger partial charge on any atom is 0.324 e. The Morgan fingerprint density at radius 3 is 3.15 bits per heavy atom. The van der Waals surface area contributed by atoms with Crippen molar-refractivity contribution in [2.45, 2.75) is 0 Å². The molecule has 1 amide bonds. The van der Waals surface area contributed by atoms with Crippen LogP contribution >= 0.6 is 15.9 Å². The summed E-state index contributed by atoms with van der Waals surface area (Å²) in [6.45, 7) is 0. The van der Waals surface area contributed by atoms with Crippen molar-refractivity contribution in [3.05, 3.63) is 29.0 Å². The SMILES string of the molecule is NC(=O)n1c[c]c2cc(Br)cnc21. The Balaban J connectivity index is 2.76. The number of fused-ring (bicyclic) bond motifs is 1. The summed E-state index contributed by atoms with van der Waals surface area (Å²) in [6, 6.07) is 4.15. The Kier molecular flexibility index (Phi) is 1.81. The molecule has 0 unspecified atom stereocenters. The third kappa shape index (κ3) is 1.31. The van der Waals surface area contributed by atoms with Gasteiger partial charge >= 0.3 is 6.03 Å². The fourth-order valence-electron chi connectivity index (χ4n) is 1.09. The summed E-state index contributed by atoms with van der Waals surface area (Å²) < 4.78 is 2.10. The van der Waals surface area contributed by atoms with Crippen LogP contribution in [0.2, 0.25) is 0 Å². The second-order valence-electron chi connectivity index (χ2n) is 2.51. The molecule has 2 N–H and O–H groups in total. The van der Waals surface area contributed by atoms with E-state index in [1.165, 1.54) is 10.8 Å². The number of nitrogens with zero attached hydrogens (tertiary/aromatic N) is 2. The number of primary amides is 1. The standard InChI is InChI=1S/C8H5BrN3O/c9-6-3-5-1-2-12(8(10)13)7(5)11-4-6/h2-4H,(H2,10,13). The van der Waals surface area contributed by atoms with Gasteiger partial charge in [-0.05, 0) is 22.0 Å². The molecule has 65 valence electrons. The molecule has 13 heavy (non-hydrogen) atoms. The Labute approximate surface area is 82.5 Å². The summed E-state index contributed by atoms with van der Waals surface area (Å²) in [5, 5.41) is 0.758. The van der Waals surface area contributed by atoms with Gasteiger partial charge in [-0.2, -0.15) is 0 Å². The first-order valence-corrected chi connectivity index (χ1v) is 4.32. The molecule has 0 spiro atoms. The lowest BCUT2D eigenvalue weighted by molar-refractivity contribution is 0.251. The largest absolute Gasteiger partial charge is 0.351 e. The summed E-state index contributed by atoms with van der Waals surface area (Å²) in [5.74, 6) is 0. The number of nitrogens with two attached hydrogens (primary N) is 1. The number of carbonyl (C=O) groups is 1. The summed E-state index contributed by atoms with van der Waals surface area (Å²) in [5.41, 5.74) is 5.64. The number of halogens is 1. The zero-order valence-electron chi connectivity index (χ0n) is 6.49. The monoisotopic (exact) mass is 238 g/mol. The molecule has 1 radical (unpaired) electrons. The lowest BCUT2D eigenvalue weighted by Crippen LogP contribution is -2.18. The van der Waals surface area contributed by atoms with Crippen LogP contribution in [0.3, 0.4) is 0 Å². The van der Waals surface area contributed by atoms with E-state index in [4.69, 9.17) is 5.73 Å². The summed E-state index contributed by atoms with van der Waals surface area (Å²) in [4.78, 5) is 14.9. The first-order chi connectivity index (χ1) is 6.18. The molecule has 4 nitrogen and oxygen atoms in total. The number of aromatic nitrogens is 2. The molecule has 0 bridgehead atoms. The molecule has 5 heteroatoms. The molecule has 0 aliphatic rings. The normalized spacial score (nSPS) is 10.5. The molecule has 2 heterocycles. The van der Waals surface area contributed by atoms with E-state index in [0.29, 0.717) is 5.65 Å². The lowest BCUT2D eigenvalue weighted by Gasteiger charge is -1.96. The van der Waals surface area contributed by atoms with Crippen LogP contribution in [0.4, 0.5) is 4.79 Å². The van der Waals surface area contributed by atoms with E-state index in [1.54, 1.807) is 6.20 Å². The van der Waals surface area contributed by atoms with E-state index in [2.05, 4.69) is 27.0 Å². The Morgan fingerprint density at radius 1 is 1.69 bits per heavy atom. The maximum absolute atomic E-state index is 10.9. The highest BCUT2D eigenvalue weighted by atomic mass is 79.9. The fourth-order valence-corrected chi connectivity index (χ4v) is 1.42. The molecule has 2 aromatic rings. The maximum atomic E-state index is 10.9. The predicted octanol–water partition coefficient (Wildman–Crippen LogP) is 1.53. The quantitative estimate of drug-likeness (QED) is 0.757. The van der Waals surface area contributed by atoms with Gasteiger partial charge in [0.15, 0.2) is 0 Å². The molecule has 0 saturated carbocycles. The van der Waals surface area contributed by atoms with E-state index in [-0.39, 0.29) is 0 Å². The van der Waals surface area contributed by atoms with E-state index >= 15 is 0 Å². The first kappa shape index (κ1) is 8.25. The Morgan fingerprint density at radius 2 is 2.46 bits per heavy atom. The highest BCUT2D eigenvalue weighted by molar-refractivity contribution is 9.10. The van der Waals surface area contributed by atoms with Crippen molar-refractivity contribution in [3.8, 4) is 0 Å². The van der Waals surface area contributed by atoms with Crippen molar-refractivity contribution in [2.24, 2.45) is 5.73 Å². The van der Waals surface area contributed by atoms with E-state index in [0.717, 1.165) is 9.86 Å². The predicted molar refractivity (Wildman–Crippen MR) is 51.3 cm³/mol. The summed E-state index contributed by atoms with van der Waals surface area (Å²) in [6.07, 6.45) is 3.09. The van der Waals surface area contributed by atoms with Gasteiger partial charge in [-0.15, -0.1) is 0 Å². The molecule has 2 rings (SSSR count). The molecule has 0 aromatic carbocycles. The van der Waals surface area contributed by atoms with Crippen LogP contribution in [0.15, 0.2) is 22.9 Å². The molecular formula is C8H5BrN3O. The van der Waals surface area contributed by atoms with Crippen LogP contribution < -0.4 is 5.73 Å². The lowest BCUT2D eigenvalue weighted by atomic mass is 10.3. The van der Waals surface area contributed by atoms with Crippen LogP contribution in [-0.2, 0) is 0 Å². The van der Waals surface area contributed by atoms with E-state index in [1.807, 2.05) is 6.07 Å². The van der Waals surface area contributed by atoms with Gasteiger partial charge in [-0.25, -0.2) is 9.78 Å². The smallest absolute Gasteiger partial charge is 0.324 e. The summed E-state index contributed by atoms with van der Waals surface area (Å²) in [7, 11) is 0. The third-order valence-electron chi connectivity index (χ3n) is 1.65. The molecule has 0 atom stereocenters. The molecule has 0 saturated heterocycles. The van der Waals surface area contributed by atoms with Gasteiger partial charge in [-0.1, -0.05) is 0 Å². The second kappa shape index (κ2) is 2.85. The van der Waals surface area contributed by atoms with Gasteiger partial charge in [0.1, 0.15) is 5.65 Å². The Hall–Kier alpha value is -1.36. The minimum absolute atomic E-state index is 0.524. The molecule has 0 aliphatic carbocycles. The number of pyridine rings is 1. The van der Waals surface area contributed by atoms with E-state index < -0.39 is 6.03 Å². The second-order valence-corrected chi connectivity index (χ2v) is 3.42. The Bertz CT molecular complexity index is 477. The molecule has 2 aromatic heterocycles. The molecule has 0 fully saturated rings. The van der Waals surface area contributed by atoms with Crippen molar-refractivity contribution in [1.82, 2.24) is 9.55 Å². The van der Waals surface area contributed by atoms with Crippen molar-refractivity contribution < 1.29 is 4.79 Å². The van der Waals surface area contributed by atoms with Gasteiger partial charge in [0.2, 0.25) is 0 Å². The highest BCUT2D eigenvalue weighted by Gasteiger charge is 2.06. The number of carbonyl (C=O) groups excluding carboxylic acids is 1. The number of hydrogen-bond acceptors (Lipinski definition) is 2. The van der Waals surface area contributed by atoms with Crippen LogP contribution in [0, 0.1) is 6.07 Å². The topological polar surface area (TPSA) is 60.9 Å². The first-order valence-electron chi connectivity index (χ1n) is 3.52.